The molecule has 0 unspecified atom stereocenters. The van der Waals surface area contributed by atoms with Crippen LogP contribution in [0.3, 0.4) is 0 Å². The molecule has 8 nitrogen and oxygen atoms in total. The van der Waals surface area contributed by atoms with Crippen LogP contribution in [0.4, 0.5) is 6.01 Å². The maximum Gasteiger partial charge on any atom is 0.322 e. The van der Waals surface area contributed by atoms with Gasteiger partial charge in [0.25, 0.3) is 0 Å². The summed E-state index contributed by atoms with van der Waals surface area (Å²) in [5.41, 5.74) is 3.21. The number of amides is 1. The van der Waals surface area contributed by atoms with Crippen LogP contribution in [0, 0.1) is 19.8 Å². The second kappa shape index (κ2) is 9.22. The standard InChI is InChI=1S/C23H26N4O4S/c1-16-3-7-18(8-4-16)15-21-25-26-23(31-21)24-22(28)19-11-13-27(14-12-19)32(29,30)20-9-5-17(2)6-10-20/h3-10,19H,11-15H2,1-2H3,(H,24,26,28). The van der Waals surface area contributed by atoms with E-state index in [1.54, 1.807) is 24.3 Å². The van der Waals surface area contributed by atoms with Gasteiger partial charge in [-0.25, -0.2) is 8.42 Å². The molecule has 0 atom stereocenters. The van der Waals surface area contributed by atoms with Crippen LogP contribution in [0.1, 0.15) is 35.4 Å². The topological polar surface area (TPSA) is 105 Å². The molecule has 9 heteroatoms. The minimum Gasteiger partial charge on any atom is -0.407 e. The van der Waals surface area contributed by atoms with Crippen molar-refractivity contribution >= 4 is 21.9 Å². The zero-order chi connectivity index (χ0) is 22.7. The van der Waals surface area contributed by atoms with Gasteiger partial charge in [-0.05, 0) is 44.4 Å². The number of rotatable bonds is 6. The number of nitrogens with one attached hydrogen (secondary N) is 1. The molecule has 1 aliphatic rings. The fraction of sp³-hybridized carbons (Fsp3) is 0.348. The number of hydrogen-bond acceptors (Lipinski definition) is 6. The Morgan fingerprint density at radius 3 is 2.22 bits per heavy atom. The van der Waals surface area contributed by atoms with E-state index < -0.39 is 10.0 Å². The third-order valence-corrected chi connectivity index (χ3v) is 7.57. The predicted octanol–water partition coefficient (Wildman–Crippen LogP) is 3.32. The van der Waals surface area contributed by atoms with Crippen LogP contribution in [-0.4, -0.2) is 41.9 Å². The van der Waals surface area contributed by atoms with Crippen molar-refractivity contribution in [3.05, 3.63) is 71.1 Å². The number of anilines is 1. The molecule has 0 bridgehead atoms. The molecule has 32 heavy (non-hydrogen) atoms. The Labute approximate surface area is 187 Å². The Hall–Kier alpha value is -3.04. The highest BCUT2D eigenvalue weighted by Gasteiger charge is 2.32. The Balaban J connectivity index is 1.31. The molecule has 0 aliphatic carbocycles. The molecule has 1 N–H and O–H groups in total. The van der Waals surface area contributed by atoms with Gasteiger partial charge in [-0.2, -0.15) is 4.31 Å². The average Bonchev–Trinajstić information content (AvgIpc) is 3.22. The van der Waals surface area contributed by atoms with Crippen molar-refractivity contribution in [3.8, 4) is 0 Å². The molecule has 0 radical (unpaired) electrons. The van der Waals surface area contributed by atoms with Crippen LogP contribution >= 0.6 is 0 Å². The number of carbonyl (C=O) groups is 1. The number of hydrogen-bond donors (Lipinski definition) is 1. The van der Waals surface area contributed by atoms with E-state index in [1.165, 1.54) is 9.87 Å². The lowest BCUT2D eigenvalue weighted by Gasteiger charge is -2.30. The first-order valence-electron chi connectivity index (χ1n) is 10.6. The number of piperidine rings is 1. The number of aryl methyl sites for hydroxylation is 2. The predicted molar refractivity (Wildman–Crippen MR) is 120 cm³/mol. The van der Waals surface area contributed by atoms with Gasteiger partial charge in [-0.1, -0.05) is 52.6 Å². The lowest BCUT2D eigenvalue weighted by molar-refractivity contribution is -0.121. The monoisotopic (exact) mass is 454 g/mol. The second-order valence-corrected chi connectivity index (χ2v) is 10.1. The van der Waals surface area contributed by atoms with Crippen molar-refractivity contribution in [3.63, 3.8) is 0 Å². The number of aromatic nitrogens is 2. The van der Waals surface area contributed by atoms with Gasteiger partial charge < -0.3 is 4.42 Å². The number of benzene rings is 2. The largest absolute Gasteiger partial charge is 0.407 e. The van der Waals surface area contributed by atoms with Crippen LogP contribution < -0.4 is 5.32 Å². The van der Waals surface area contributed by atoms with Gasteiger partial charge in [-0.15, -0.1) is 5.10 Å². The molecule has 4 rings (SSSR count). The summed E-state index contributed by atoms with van der Waals surface area (Å²) < 4.78 is 32.7. The van der Waals surface area contributed by atoms with E-state index in [9.17, 15) is 13.2 Å². The van der Waals surface area contributed by atoms with Crippen LogP contribution in [-0.2, 0) is 21.2 Å². The molecule has 1 saturated heterocycles. The fourth-order valence-corrected chi connectivity index (χ4v) is 5.15. The summed E-state index contributed by atoms with van der Waals surface area (Å²) in [5.74, 6) is -0.127. The summed E-state index contributed by atoms with van der Waals surface area (Å²) in [4.78, 5) is 12.9. The zero-order valence-electron chi connectivity index (χ0n) is 18.1. The number of carbonyl (C=O) groups excluding carboxylic acids is 1. The first kappa shape index (κ1) is 22.2. The van der Waals surface area contributed by atoms with E-state index in [1.807, 2.05) is 38.1 Å². The summed E-state index contributed by atoms with van der Waals surface area (Å²) in [6, 6.07) is 14.9. The van der Waals surface area contributed by atoms with Gasteiger partial charge in [0.05, 0.1) is 11.3 Å². The zero-order valence-corrected chi connectivity index (χ0v) is 18.9. The van der Waals surface area contributed by atoms with Crippen molar-refractivity contribution in [2.45, 2.75) is 38.0 Å². The van der Waals surface area contributed by atoms with Gasteiger partial charge in [0, 0.05) is 19.0 Å². The van der Waals surface area contributed by atoms with E-state index in [2.05, 4.69) is 15.5 Å². The van der Waals surface area contributed by atoms with Crippen molar-refractivity contribution in [1.29, 1.82) is 0 Å². The van der Waals surface area contributed by atoms with Crippen molar-refractivity contribution in [2.75, 3.05) is 18.4 Å². The molecule has 1 fully saturated rings. The third-order valence-electron chi connectivity index (χ3n) is 5.66. The third kappa shape index (κ3) is 5.05. The summed E-state index contributed by atoms with van der Waals surface area (Å²) in [7, 11) is -3.56. The summed E-state index contributed by atoms with van der Waals surface area (Å²) in [6.45, 7) is 4.51. The van der Waals surface area contributed by atoms with E-state index in [0.29, 0.717) is 25.2 Å². The normalized spacial score (nSPS) is 15.6. The van der Waals surface area contributed by atoms with E-state index in [0.717, 1.165) is 11.1 Å². The molecular weight excluding hydrogens is 428 g/mol. The molecule has 0 spiro atoms. The maximum absolute atomic E-state index is 12.8. The molecule has 0 saturated carbocycles. The highest BCUT2D eigenvalue weighted by atomic mass is 32.2. The molecule has 3 aromatic rings. The van der Waals surface area contributed by atoms with E-state index >= 15 is 0 Å². The van der Waals surface area contributed by atoms with Crippen molar-refractivity contribution < 1.29 is 17.6 Å². The van der Waals surface area contributed by atoms with E-state index in [-0.39, 0.29) is 35.8 Å². The molecule has 1 aromatic heterocycles. The maximum atomic E-state index is 12.8. The van der Waals surface area contributed by atoms with Gasteiger partial charge >= 0.3 is 6.01 Å². The van der Waals surface area contributed by atoms with Crippen molar-refractivity contribution in [2.24, 2.45) is 5.92 Å². The Bertz CT molecular complexity index is 1180. The number of sulfonamides is 1. The van der Waals surface area contributed by atoms with Gasteiger partial charge in [0.2, 0.25) is 21.8 Å². The van der Waals surface area contributed by atoms with Crippen LogP contribution in [0.25, 0.3) is 0 Å². The second-order valence-electron chi connectivity index (χ2n) is 8.14. The van der Waals surface area contributed by atoms with Crippen LogP contribution in [0.2, 0.25) is 0 Å². The lowest BCUT2D eigenvalue weighted by Crippen LogP contribution is -2.41. The highest BCUT2D eigenvalue weighted by molar-refractivity contribution is 7.89. The Kier molecular flexibility index (Phi) is 6.38. The van der Waals surface area contributed by atoms with Crippen LogP contribution in [0.5, 0.6) is 0 Å². The molecule has 168 valence electrons. The molecule has 1 amide bonds. The first-order chi connectivity index (χ1) is 15.3. The van der Waals surface area contributed by atoms with E-state index in [4.69, 9.17) is 4.42 Å². The fourth-order valence-electron chi connectivity index (χ4n) is 3.68. The van der Waals surface area contributed by atoms with Crippen LogP contribution in [0.15, 0.2) is 57.8 Å². The lowest BCUT2D eigenvalue weighted by atomic mass is 9.97. The highest BCUT2D eigenvalue weighted by Crippen LogP contribution is 2.25. The smallest absolute Gasteiger partial charge is 0.322 e. The average molecular weight is 455 g/mol. The minimum atomic E-state index is -3.56. The Morgan fingerprint density at radius 1 is 1.00 bits per heavy atom. The SMILES string of the molecule is Cc1ccc(Cc2nnc(NC(=O)C3CCN(S(=O)(=O)c4ccc(C)cc4)CC3)o2)cc1. The van der Waals surface area contributed by atoms with Gasteiger partial charge in [-0.3, -0.25) is 10.1 Å². The first-order valence-corrected chi connectivity index (χ1v) is 12.0. The summed E-state index contributed by atoms with van der Waals surface area (Å²) >= 11 is 0. The molecule has 1 aliphatic heterocycles. The van der Waals surface area contributed by atoms with Gasteiger partial charge in [0.15, 0.2) is 0 Å². The summed E-state index contributed by atoms with van der Waals surface area (Å²) in [6.07, 6.45) is 1.35. The molecule has 2 aromatic carbocycles. The number of nitrogens with zero attached hydrogens (tertiary/aromatic N) is 3. The summed E-state index contributed by atoms with van der Waals surface area (Å²) in [5, 5.41) is 10.6. The van der Waals surface area contributed by atoms with Crippen molar-refractivity contribution in [1.82, 2.24) is 14.5 Å². The molecular formula is C23H26N4O4S. The quantitative estimate of drug-likeness (QED) is 0.613. The van der Waals surface area contributed by atoms with Gasteiger partial charge in [0.1, 0.15) is 0 Å². The Morgan fingerprint density at radius 2 is 1.59 bits per heavy atom. The minimum absolute atomic E-state index is 0.0619. The molecule has 2 heterocycles.